The number of aliphatic carboxylic acids is 1. The van der Waals surface area contributed by atoms with E-state index in [1.807, 2.05) is 13.8 Å². The van der Waals surface area contributed by atoms with E-state index in [9.17, 15) is 13.2 Å². The summed E-state index contributed by atoms with van der Waals surface area (Å²) in [6, 6.07) is 0. The standard InChI is InChI=1S/C12H22N2O5S/c1-9-5-10(2)7-14(6-9)20(17,18)13-3-4-19-11(8-13)12(15)16/h9-11H,3-8H2,1-2H3,(H,15,16). The summed E-state index contributed by atoms with van der Waals surface area (Å²) < 4.78 is 33.0. The molecule has 0 amide bonds. The van der Waals surface area contributed by atoms with Crippen molar-refractivity contribution < 1.29 is 23.1 Å². The van der Waals surface area contributed by atoms with Crippen LogP contribution in [0, 0.1) is 11.8 Å². The van der Waals surface area contributed by atoms with Gasteiger partial charge in [0.15, 0.2) is 6.10 Å². The zero-order valence-electron chi connectivity index (χ0n) is 11.9. The lowest BCUT2D eigenvalue weighted by molar-refractivity contribution is -0.153. The van der Waals surface area contributed by atoms with E-state index >= 15 is 0 Å². The number of nitrogens with zero attached hydrogens (tertiary/aromatic N) is 2. The van der Waals surface area contributed by atoms with E-state index in [-0.39, 0.29) is 19.7 Å². The molecule has 7 nitrogen and oxygen atoms in total. The first-order valence-corrected chi connectivity index (χ1v) is 8.30. The summed E-state index contributed by atoms with van der Waals surface area (Å²) in [5.74, 6) is -0.472. The number of carboxylic acid groups (broad SMARTS) is 1. The molecule has 2 rings (SSSR count). The Labute approximate surface area is 119 Å². The molecule has 0 aliphatic carbocycles. The van der Waals surface area contributed by atoms with Crippen molar-refractivity contribution in [2.75, 3.05) is 32.8 Å². The van der Waals surface area contributed by atoms with Gasteiger partial charge in [0, 0.05) is 19.6 Å². The quantitative estimate of drug-likeness (QED) is 0.793. The average Bonchev–Trinajstić information content (AvgIpc) is 2.37. The Bertz CT molecular complexity index is 456. The van der Waals surface area contributed by atoms with Gasteiger partial charge in [-0.3, -0.25) is 0 Å². The smallest absolute Gasteiger partial charge is 0.334 e. The lowest BCUT2D eigenvalue weighted by atomic mass is 9.94. The van der Waals surface area contributed by atoms with E-state index in [2.05, 4.69) is 0 Å². The Balaban J connectivity index is 2.11. The van der Waals surface area contributed by atoms with Gasteiger partial charge in [0.05, 0.1) is 13.2 Å². The van der Waals surface area contributed by atoms with Crippen molar-refractivity contribution in [1.82, 2.24) is 8.61 Å². The summed E-state index contributed by atoms with van der Waals surface area (Å²) in [5, 5.41) is 8.96. The minimum atomic E-state index is -3.59. The van der Waals surface area contributed by atoms with Crippen molar-refractivity contribution in [2.24, 2.45) is 11.8 Å². The first-order valence-electron chi connectivity index (χ1n) is 6.90. The van der Waals surface area contributed by atoms with E-state index in [1.165, 1.54) is 8.61 Å². The van der Waals surface area contributed by atoms with Gasteiger partial charge in [-0.1, -0.05) is 13.8 Å². The average molecular weight is 306 g/mol. The van der Waals surface area contributed by atoms with Crippen LogP contribution in [0.4, 0.5) is 0 Å². The number of hydrogen-bond acceptors (Lipinski definition) is 4. The van der Waals surface area contributed by atoms with Crippen LogP contribution in [0.3, 0.4) is 0 Å². The molecule has 0 aromatic carbocycles. The predicted octanol–water partition coefficient (Wildman–Crippen LogP) is -0.00550. The third kappa shape index (κ3) is 3.30. The number of morpholine rings is 1. The predicted molar refractivity (Wildman–Crippen MR) is 72.4 cm³/mol. The molecule has 3 atom stereocenters. The monoisotopic (exact) mass is 306 g/mol. The second-order valence-electron chi connectivity index (χ2n) is 5.83. The topological polar surface area (TPSA) is 87.2 Å². The summed E-state index contributed by atoms with van der Waals surface area (Å²) in [4.78, 5) is 10.9. The number of carbonyl (C=O) groups is 1. The molecule has 0 aromatic heterocycles. The lowest BCUT2D eigenvalue weighted by Crippen LogP contribution is -2.55. The molecule has 2 aliphatic heterocycles. The van der Waals surface area contributed by atoms with Gasteiger partial charge in [-0.25, -0.2) is 4.79 Å². The molecule has 0 aromatic rings. The van der Waals surface area contributed by atoms with E-state index in [0.717, 1.165) is 6.42 Å². The highest BCUT2D eigenvalue weighted by Crippen LogP contribution is 2.25. The first kappa shape index (κ1) is 15.7. The largest absolute Gasteiger partial charge is 0.479 e. The molecule has 0 bridgehead atoms. The van der Waals surface area contributed by atoms with E-state index < -0.39 is 22.3 Å². The van der Waals surface area contributed by atoms with Gasteiger partial charge in [-0.15, -0.1) is 0 Å². The van der Waals surface area contributed by atoms with Crippen molar-refractivity contribution in [3.05, 3.63) is 0 Å². The van der Waals surface area contributed by atoms with E-state index in [0.29, 0.717) is 24.9 Å². The van der Waals surface area contributed by atoms with Gasteiger partial charge < -0.3 is 9.84 Å². The van der Waals surface area contributed by atoms with Crippen LogP contribution in [-0.2, 0) is 19.7 Å². The SMILES string of the molecule is CC1CC(C)CN(S(=O)(=O)N2CCOC(C(=O)O)C2)C1. The Hall–Kier alpha value is -0.700. The molecule has 8 heteroatoms. The second-order valence-corrected chi connectivity index (χ2v) is 7.75. The fourth-order valence-corrected chi connectivity index (χ4v) is 4.78. The molecule has 2 heterocycles. The Morgan fingerprint density at radius 2 is 1.75 bits per heavy atom. The third-order valence-electron chi connectivity index (χ3n) is 3.79. The highest BCUT2D eigenvalue weighted by Gasteiger charge is 2.38. The normalized spacial score (nSPS) is 34.0. The highest BCUT2D eigenvalue weighted by atomic mass is 32.2. The van der Waals surface area contributed by atoms with Crippen molar-refractivity contribution >= 4 is 16.2 Å². The minimum Gasteiger partial charge on any atom is -0.479 e. The van der Waals surface area contributed by atoms with Crippen LogP contribution in [0.1, 0.15) is 20.3 Å². The molecular formula is C12H22N2O5S. The minimum absolute atomic E-state index is 0.114. The molecule has 116 valence electrons. The molecular weight excluding hydrogens is 284 g/mol. The van der Waals surface area contributed by atoms with Crippen molar-refractivity contribution in [1.29, 1.82) is 0 Å². The summed E-state index contributed by atoms with van der Waals surface area (Å²) >= 11 is 0. The van der Waals surface area contributed by atoms with Crippen LogP contribution in [0.15, 0.2) is 0 Å². The Morgan fingerprint density at radius 1 is 1.15 bits per heavy atom. The van der Waals surface area contributed by atoms with Gasteiger partial charge in [0.1, 0.15) is 0 Å². The molecule has 1 N–H and O–H groups in total. The fraction of sp³-hybridized carbons (Fsp3) is 0.917. The van der Waals surface area contributed by atoms with Crippen molar-refractivity contribution in [3.8, 4) is 0 Å². The number of rotatable bonds is 3. The maximum Gasteiger partial charge on any atom is 0.334 e. The summed E-state index contributed by atoms with van der Waals surface area (Å²) in [7, 11) is -3.59. The van der Waals surface area contributed by atoms with Crippen LogP contribution < -0.4 is 0 Å². The van der Waals surface area contributed by atoms with Crippen LogP contribution in [0.25, 0.3) is 0 Å². The van der Waals surface area contributed by atoms with Crippen molar-refractivity contribution in [2.45, 2.75) is 26.4 Å². The molecule has 2 aliphatic rings. The van der Waals surface area contributed by atoms with Crippen LogP contribution in [0.5, 0.6) is 0 Å². The number of carboxylic acids is 1. The summed E-state index contributed by atoms with van der Waals surface area (Å²) in [6.07, 6.45) is -0.0504. The molecule has 2 saturated heterocycles. The lowest BCUT2D eigenvalue weighted by Gasteiger charge is -2.39. The van der Waals surface area contributed by atoms with Gasteiger partial charge in [-0.2, -0.15) is 17.0 Å². The van der Waals surface area contributed by atoms with Crippen LogP contribution >= 0.6 is 0 Å². The van der Waals surface area contributed by atoms with Gasteiger partial charge >= 0.3 is 5.97 Å². The summed E-state index contributed by atoms with van der Waals surface area (Å²) in [5.41, 5.74) is 0. The zero-order valence-corrected chi connectivity index (χ0v) is 12.7. The zero-order chi connectivity index (χ0) is 14.9. The Morgan fingerprint density at radius 3 is 2.30 bits per heavy atom. The molecule has 3 unspecified atom stereocenters. The first-order chi connectivity index (χ1) is 9.30. The fourth-order valence-electron chi connectivity index (χ4n) is 2.94. The van der Waals surface area contributed by atoms with Crippen molar-refractivity contribution in [3.63, 3.8) is 0 Å². The van der Waals surface area contributed by atoms with Gasteiger partial charge in [0.25, 0.3) is 10.2 Å². The van der Waals surface area contributed by atoms with Gasteiger partial charge in [-0.05, 0) is 18.3 Å². The number of hydrogen-bond donors (Lipinski definition) is 1. The number of ether oxygens (including phenoxy) is 1. The van der Waals surface area contributed by atoms with Crippen LogP contribution in [-0.4, -0.2) is 67.0 Å². The van der Waals surface area contributed by atoms with Crippen LogP contribution in [0.2, 0.25) is 0 Å². The summed E-state index contributed by atoms with van der Waals surface area (Å²) in [6.45, 7) is 5.30. The Kier molecular flexibility index (Phi) is 4.68. The molecule has 0 radical (unpaired) electrons. The third-order valence-corrected chi connectivity index (χ3v) is 5.73. The van der Waals surface area contributed by atoms with E-state index in [1.54, 1.807) is 0 Å². The molecule has 20 heavy (non-hydrogen) atoms. The van der Waals surface area contributed by atoms with E-state index in [4.69, 9.17) is 9.84 Å². The molecule has 2 fully saturated rings. The second kappa shape index (κ2) is 5.97. The molecule has 0 spiro atoms. The van der Waals surface area contributed by atoms with Gasteiger partial charge in [0.2, 0.25) is 0 Å². The molecule has 0 saturated carbocycles. The number of piperidine rings is 1. The maximum absolute atomic E-state index is 12.6. The maximum atomic E-state index is 12.6. The highest BCUT2D eigenvalue weighted by molar-refractivity contribution is 7.86.